The van der Waals surface area contributed by atoms with Gasteiger partial charge in [0.15, 0.2) is 0 Å². The molecule has 3 heteroatoms. The molecule has 1 amide bonds. The Hall–Kier alpha value is -0.830. The zero-order valence-electron chi connectivity index (χ0n) is 9.30. The first-order chi connectivity index (χ1) is 7.28. The van der Waals surface area contributed by atoms with Crippen LogP contribution in [0, 0.1) is 0 Å². The summed E-state index contributed by atoms with van der Waals surface area (Å²) < 4.78 is 0. The van der Waals surface area contributed by atoms with Crippen LogP contribution in [-0.2, 0) is 4.79 Å². The molecule has 1 atom stereocenters. The van der Waals surface area contributed by atoms with Crippen molar-refractivity contribution in [3.8, 4) is 0 Å². The largest absolute Gasteiger partial charge is 0.333 e. The summed E-state index contributed by atoms with van der Waals surface area (Å²) in [5, 5.41) is 3.41. The Bertz CT molecular complexity index is 254. The van der Waals surface area contributed by atoms with Crippen molar-refractivity contribution >= 4 is 5.91 Å². The number of amides is 1. The summed E-state index contributed by atoms with van der Waals surface area (Å²) in [4.78, 5) is 13.9. The molecule has 2 saturated heterocycles. The lowest BCUT2D eigenvalue weighted by molar-refractivity contribution is -0.130. The van der Waals surface area contributed by atoms with Crippen molar-refractivity contribution in [2.24, 2.45) is 0 Å². The monoisotopic (exact) mass is 208 g/mol. The van der Waals surface area contributed by atoms with Gasteiger partial charge in [0.05, 0.1) is 0 Å². The molecule has 0 bridgehead atoms. The molecule has 3 nitrogen and oxygen atoms in total. The third kappa shape index (κ3) is 1.93. The molecule has 2 aliphatic rings. The minimum absolute atomic E-state index is 0.148. The van der Waals surface area contributed by atoms with Gasteiger partial charge in [-0.2, -0.15) is 0 Å². The minimum atomic E-state index is 0.148. The zero-order valence-corrected chi connectivity index (χ0v) is 9.30. The van der Waals surface area contributed by atoms with Crippen molar-refractivity contribution in [1.29, 1.82) is 0 Å². The fourth-order valence-corrected chi connectivity index (χ4v) is 2.93. The highest BCUT2D eigenvalue weighted by Gasteiger charge is 2.44. The Morgan fingerprint density at radius 1 is 1.40 bits per heavy atom. The summed E-state index contributed by atoms with van der Waals surface area (Å²) >= 11 is 0. The van der Waals surface area contributed by atoms with E-state index in [4.69, 9.17) is 0 Å². The number of hydrogen-bond acceptors (Lipinski definition) is 2. The highest BCUT2D eigenvalue weighted by molar-refractivity contribution is 5.79. The first-order valence-corrected chi connectivity index (χ1v) is 5.91. The van der Waals surface area contributed by atoms with Crippen LogP contribution in [0.25, 0.3) is 0 Å². The normalized spacial score (nSPS) is 32.0. The number of hydrogen-bond donors (Lipinski definition) is 1. The zero-order chi connectivity index (χ0) is 10.7. The molecular weight excluding hydrogens is 188 g/mol. The van der Waals surface area contributed by atoms with Crippen molar-refractivity contribution in [1.82, 2.24) is 10.2 Å². The lowest BCUT2D eigenvalue weighted by Crippen LogP contribution is -2.46. The molecule has 84 valence electrons. The summed E-state index contributed by atoms with van der Waals surface area (Å²) in [5.41, 5.74) is 0.148. The highest BCUT2D eigenvalue weighted by atomic mass is 16.2. The molecule has 1 N–H and O–H groups in total. The van der Waals surface area contributed by atoms with Crippen LogP contribution in [0.3, 0.4) is 0 Å². The van der Waals surface area contributed by atoms with Crippen molar-refractivity contribution in [2.75, 3.05) is 19.6 Å². The second kappa shape index (κ2) is 4.35. The predicted molar refractivity (Wildman–Crippen MR) is 60.6 cm³/mol. The van der Waals surface area contributed by atoms with Crippen LogP contribution in [0.15, 0.2) is 12.7 Å². The third-order valence-corrected chi connectivity index (χ3v) is 3.75. The van der Waals surface area contributed by atoms with Gasteiger partial charge < -0.3 is 10.2 Å². The van der Waals surface area contributed by atoms with Crippen LogP contribution >= 0.6 is 0 Å². The van der Waals surface area contributed by atoms with Crippen LogP contribution in [0.1, 0.15) is 32.1 Å². The molecule has 2 fully saturated rings. The first-order valence-electron chi connectivity index (χ1n) is 5.91. The van der Waals surface area contributed by atoms with E-state index in [1.165, 1.54) is 6.42 Å². The fraction of sp³-hybridized carbons (Fsp3) is 0.750. The molecule has 2 rings (SSSR count). The van der Waals surface area contributed by atoms with Gasteiger partial charge in [0.2, 0.25) is 5.91 Å². The second-order valence-electron chi connectivity index (χ2n) is 4.62. The quantitative estimate of drug-likeness (QED) is 0.694. The van der Waals surface area contributed by atoms with E-state index < -0.39 is 0 Å². The molecule has 0 radical (unpaired) electrons. The first kappa shape index (κ1) is 10.7. The van der Waals surface area contributed by atoms with Crippen LogP contribution in [0.2, 0.25) is 0 Å². The van der Waals surface area contributed by atoms with Gasteiger partial charge in [0.1, 0.15) is 0 Å². The molecule has 0 saturated carbocycles. The van der Waals surface area contributed by atoms with Gasteiger partial charge >= 0.3 is 0 Å². The molecule has 0 aromatic heterocycles. The van der Waals surface area contributed by atoms with Crippen molar-refractivity contribution in [3.05, 3.63) is 12.7 Å². The Kier molecular flexibility index (Phi) is 3.10. The van der Waals surface area contributed by atoms with Crippen LogP contribution < -0.4 is 5.32 Å². The van der Waals surface area contributed by atoms with E-state index in [-0.39, 0.29) is 5.54 Å². The Morgan fingerprint density at radius 2 is 2.27 bits per heavy atom. The summed E-state index contributed by atoms with van der Waals surface area (Å²) in [5.74, 6) is 0.316. The molecule has 15 heavy (non-hydrogen) atoms. The average Bonchev–Trinajstić information content (AvgIpc) is 2.45. The van der Waals surface area contributed by atoms with E-state index in [2.05, 4.69) is 16.8 Å². The smallest absolute Gasteiger partial charge is 0.223 e. The maximum Gasteiger partial charge on any atom is 0.223 e. The van der Waals surface area contributed by atoms with Gasteiger partial charge in [0.25, 0.3) is 0 Å². The topological polar surface area (TPSA) is 32.3 Å². The van der Waals surface area contributed by atoms with E-state index in [1.54, 1.807) is 0 Å². The predicted octanol–water partition coefficient (Wildman–Crippen LogP) is 1.31. The van der Waals surface area contributed by atoms with E-state index >= 15 is 0 Å². The maximum atomic E-state index is 11.8. The SMILES string of the molecule is C=CCN1C(=O)CC[C@]12CCCNCC2. The molecule has 2 aliphatic heterocycles. The van der Waals surface area contributed by atoms with Crippen LogP contribution in [-0.4, -0.2) is 36.0 Å². The molecule has 0 aromatic rings. The number of nitrogens with zero attached hydrogens (tertiary/aromatic N) is 1. The summed E-state index contributed by atoms with van der Waals surface area (Å²) in [7, 11) is 0. The Labute approximate surface area is 91.5 Å². The number of rotatable bonds is 2. The number of likely N-dealkylation sites (tertiary alicyclic amines) is 1. The molecule has 0 aromatic carbocycles. The lowest BCUT2D eigenvalue weighted by Gasteiger charge is -2.37. The number of carbonyl (C=O) groups is 1. The van der Waals surface area contributed by atoms with Gasteiger partial charge in [-0.15, -0.1) is 6.58 Å². The molecule has 0 aliphatic carbocycles. The minimum Gasteiger partial charge on any atom is -0.333 e. The maximum absolute atomic E-state index is 11.8. The lowest BCUT2D eigenvalue weighted by atomic mass is 9.88. The molecule has 0 unspecified atom stereocenters. The van der Waals surface area contributed by atoms with Gasteiger partial charge in [-0.05, 0) is 38.8 Å². The summed E-state index contributed by atoms with van der Waals surface area (Å²) in [6.45, 7) is 6.61. The molecule has 1 spiro atoms. The van der Waals surface area contributed by atoms with E-state index in [1.807, 2.05) is 6.08 Å². The summed E-state index contributed by atoms with van der Waals surface area (Å²) in [6.07, 6.45) is 7.06. The highest BCUT2D eigenvalue weighted by Crippen LogP contribution is 2.37. The van der Waals surface area contributed by atoms with E-state index in [0.717, 1.165) is 45.3 Å². The van der Waals surface area contributed by atoms with E-state index in [9.17, 15) is 4.79 Å². The Morgan fingerprint density at radius 3 is 3.07 bits per heavy atom. The van der Waals surface area contributed by atoms with Crippen molar-refractivity contribution in [3.63, 3.8) is 0 Å². The Balaban J connectivity index is 2.15. The second-order valence-corrected chi connectivity index (χ2v) is 4.62. The van der Waals surface area contributed by atoms with Gasteiger partial charge in [-0.3, -0.25) is 4.79 Å². The van der Waals surface area contributed by atoms with Gasteiger partial charge in [-0.1, -0.05) is 6.08 Å². The molecule has 2 heterocycles. The number of carbonyl (C=O) groups excluding carboxylic acids is 1. The third-order valence-electron chi connectivity index (χ3n) is 3.75. The van der Waals surface area contributed by atoms with Crippen molar-refractivity contribution < 1.29 is 4.79 Å². The van der Waals surface area contributed by atoms with E-state index in [0.29, 0.717) is 5.91 Å². The van der Waals surface area contributed by atoms with Gasteiger partial charge in [0, 0.05) is 18.5 Å². The van der Waals surface area contributed by atoms with Crippen LogP contribution in [0.5, 0.6) is 0 Å². The number of nitrogens with one attached hydrogen (secondary N) is 1. The molecular formula is C12H20N2O. The van der Waals surface area contributed by atoms with Crippen molar-refractivity contribution in [2.45, 2.75) is 37.6 Å². The summed E-state index contributed by atoms with van der Waals surface area (Å²) in [6, 6.07) is 0. The average molecular weight is 208 g/mol. The fourth-order valence-electron chi connectivity index (χ4n) is 2.93. The van der Waals surface area contributed by atoms with Crippen LogP contribution in [0.4, 0.5) is 0 Å². The van der Waals surface area contributed by atoms with Gasteiger partial charge in [-0.25, -0.2) is 0 Å². The standard InChI is InChI=1S/C12H20N2O/c1-2-10-14-11(15)4-6-12(14)5-3-8-13-9-7-12/h2,13H,1,3-10H2/t12-/m0/s1.